The second kappa shape index (κ2) is 2.78. The molecule has 1 aliphatic rings. The van der Waals surface area contributed by atoms with Crippen LogP contribution in [0.5, 0.6) is 0 Å². The first-order valence-electron chi connectivity index (χ1n) is 4.69. The highest BCUT2D eigenvalue weighted by Crippen LogP contribution is 2.53. The van der Waals surface area contributed by atoms with Gasteiger partial charge in [0.1, 0.15) is 0 Å². The minimum atomic E-state index is 0.384. The van der Waals surface area contributed by atoms with Crippen molar-refractivity contribution in [3.63, 3.8) is 0 Å². The highest BCUT2D eigenvalue weighted by atomic mass is 14.6. The summed E-state index contributed by atoms with van der Waals surface area (Å²) < 4.78 is 0. The molecule has 1 fully saturated rings. The predicted molar refractivity (Wildman–Crippen MR) is 49.3 cm³/mol. The molecule has 0 aliphatic heterocycles. The summed E-state index contributed by atoms with van der Waals surface area (Å²) in [6.07, 6.45) is 1.40. The van der Waals surface area contributed by atoms with Crippen molar-refractivity contribution in [2.75, 3.05) is 6.54 Å². The van der Waals surface area contributed by atoms with Crippen LogP contribution in [0.1, 0.15) is 34.1 Å². The molecule has 0 amide bonds. The summed E-state index contributed by atoms with van der Waals surface area (Å²) in [5.74, 6) is 2.70. The van der Waals surface area contributed by atoms with E-state index < -0.39 is 0 Å². The fourth-order valence-electron chi connectivity index (χ4n) is 2.00. The maximum Gasteiger partial charge on any atom is -0.00231 e. The standard InChI is InChI=1S/C10H21N/c1-7(2)8-5-9(8)10(3,4)6-11/h7-9H,5-6,11H2,1-4H3. The van der Waals surface area contributed by atoms with Gasteiger partial charge in [-0.3, -0.25) is 0 Å². The smallest absolute Gasteiger partial charge is 0.00231 e. The Morgan fingerprint density at radius 2 is 2.00 bits per heavy atom. The molecule has 1 rings (SSSR count). The predicted octanol–water partition coefficient (Wildman–Crippen LogP) is 2.26. The molecule has 11 heavy (non-hydrogen) atoms. The van der Waals surface area contributed by atoms with E-state index in [1.807, 2.05) is 0 Å². The number of nitrogens with two attached hydrogens (primary N) is 1. The van der Waals surface area contributed by atoms with E-state index in [1.54, 1.807) is 0 Å². The summed E-state index contributed by atoms with van der Waals surface area (Å²) in [6, 6.07) is 0. The first kappa shape index (κ1) is 9.05. The molecule has 0 radical (unpaired) electrons. The van der Waals surface area contributed by atoms with E-state index in [2.05, 4.69) is 27.7 Å². The van der Waals surface area contributed by atoms with Crippen LogP contribution in [0, 0.1) is 23.2 Å². The van der Waals surface area contributed by atoms with Gasteiger partial charge < -0.3 is 5.73 Å². The van der Waals surface area contributed by atoms with Crippen LogP contribution in [0.4, 0.5) is 0 Å². The van der Waals surface area contributed by atoms with Crippen molar-refractivity contribution in [1.29, 1.82) is 0 Å². The molecule has 2 N–H and O–H groups in total. The summed E-state index contributed by atoms with van der Waals surface area (Å²) in [6.45, 7) is 10.1. The molecule has 0 heterocycles. The molecule has 0 aromatic rings. The van der Waals surface area contributed by atoms with E-state index in [9.17, 15) is 0 Å². The van der Waals surface area contributed by atoms with E-state index in [-0.39, 0.29) is 0 Å². The molecule has 1 saturated carbocycles. The first-order valence-corrected chi connectivity index (χ1v) is 4.69. The molecule has 2 unspecified atom stereocenters. The Hall–Kier alpha value is -0.0400. The highest BCUT2D eigenvalue weighted by molar-refractivity contribution is 4.97. The number of hydrogen-bond acceptors (Lipinski definition) is 1. The van der Waals surface area contributed by atoms with E-state index in [4.69, 9.17) is 5.73 Å². The lowest BCUT2D eigenvalue weighted by molar-refractivity contribution is 0.287. The van der Waals surface area contributed by atoms with Crippen LogP contribution in [-0.2, 0) is 0 Å². The molecule has 0 aromatic heterocycles. The molecule has 1 aliphatic carbocycles. The summed E-state index contributed by atoms with van der Waals surface area (Å²) in [5, 5.41) is 0. The highest BCUT2D eigenvalue weighted by Gasteiger charge is 2.47. The summed E-state index contributed by atoms with van der Waals surface area (Å²) >= 11 is 0. The van der Waals surface area contributed by atoms with Crippen LogP contribution in [0.15, 0.2) is 0 Å². The van der Waals surface area contributed by atoms with Crippen molar-refractivity contribution in [3.05, 3.63) is 0 Å². The lowest BCUT2D eigenvalue weighted by Crippen LogP contribution is -2.27. The lowest BCUT2D eigenvalue weighted by Gasteiger charge is -2.23. The summed E-state index contributed by atoms with van der Waals surface area (Å²) in [5.41, 5.74) is 6.09. The third-order valence-corrected chi connectivity index (χ3v) is 3.23. The van der Waals surface area contributed by atoms with E-state index in [0.29, 0.717) is 5.41 Å². The zero-order valence-electron chi connectivity index (χ0n) is 8.22. The molecule has 0 spiro atoms. The van der Waals surface area contributed by atoms with Crippen molar-refractivity contribution in [1.82, 2.24) is 0 Å². The van der Waals surface area contributed by atoms with Gasteiger partial charge in [-0.15, -0.1) is 0 Å². The zero-order chi connectivity index (χ0) is 8.65. The second-order valence-electron chi connectivity index (χ2n) is 4.94. The van der Waals surface area contributed by atoms with Gasteiger partial charge in [-0.1, -0.05) is 27.7 Å². The molecule has 1 nitrogen and oxygen atoms in total. The van der Waals surface area contributed by atoms with Gasteiger partial charge in [0.05, 0.1) is 0 Å². The van der Waals surface area contributed by atoms with Gasteiger partial charge in [0, 0.05) is 0 Å². The Morgan fingerprint density at radius 1 is 1.45 bits per heavy atom. The quantitative estimate of drug-likeness (QED) is 0.664. The summed E-state index contributed by atoms with van der Waals surface area (Å²) in [4.78, 5) is 0. The Balaban J connectivity index is 2.43. The monoisotopic (exact) mass is 155 g/mol. The molecule has 66 valence electrons. The normalized spacial score (nSPS) is 31.1. The van der Waals surface area contributed by atoms with Crippen LogP contribution >= 0.6 is 0 Å². The first-order chi connectivity index (χ1) is 4.99. The average molecular weight is 155 g/mol. The van der Waals surface area contributed by atoms with Crippen LogP contribution in [0.2, 0.25) is 0 Å². The largest absolute Gasteiger partial charge is 0.330 e. The Labute approximate surface area is 70.4 Å². The Morgan fingerprint density at radius 3 is 2.27 bits per heavy atom. The van der Waals surface area contributed by atoms with E-state index in [1.165, 1.54) is 6.42 Å². The molecular weight excluding hydrogens is 134 g/mol. The Kier molecular flexibility index (Phi) is 2.29. The molecule has 2 atom stereocenters. The number of hydrogen-bond donors (Lipinski definition) is 1. The van der Waals surface area contributed by atoms with Crippen molar-refractivity contribution in [3.8, 4) is 0 Å². The van der Waals surface area contributed by atoms with Gasteiger partial charge in [0.2, 0.25) is 0 Å². The summed E-state index contributed by atoms with van der Waals surface area (Å²) in [7, 11) is 0. The maximum atomic E-state index is 5.71. The average Bonchev–Trinajstić information content (AvgIpc) is 2.65. The zero-order valence-corrected chi connectivity index (χ0v) is 8.22. The topological polar surface area (TPSA) is 26.0 Å². The fraction of sp³-hybridized carbons (Fsp3) is 1.00. The fourth-order valence-corrected chi connectivity index (χ4v) is 2.00. The van der Waals surface area contributed by atoms with Gasteiger partial charge in [-0.25, -0.2) is 0 Å². The van der Waals surface area contributed by atoms with Crippen LogP contribution in [0.25, 0.3) is 0 Å². The van der Waals surface area contributed by atoms with Crippen molar-refractivity contribution in [2.45, 2.75) is 34.1 Å². The molecule has 0 bridgehead atoms. The third-order valence-electron chi connectivity index (χ3n) is 3.23. The molecule has 0 aromatic carbocycles. The third kappa shape index (κ3) is 1.76. The van der Waals surface area contributed by atoms with Crippen molar-refractivity contribution >= 4 is 0 Å². The minimum absolute atomic E-state index is 0.384. The second-order valence-corrected chi connectivity index (χ2v) is 4.94. The number of rotatable bonds is 3. The molecule has 1 heteroatoms. The van der Waals surface area contributed by atoms with Crippen LogP contribution in [0.3, 0.4) is 0 Å². The maximum absolute atomic E-state index is 5.71. The van der Waals surface area contributed by atoms with Crippen molar-refractivity contribution in [2.24, 2.45) is 28.9 Å². The van der Waals surface area contributed by atoms with E-state index >= 15 is 0 Å². The molecule has 0 saturated heterocycles. The molecular formula is C10H21N. The van der Waals surface area contributed by atoms with Crippen LogP contribution < -0.4 is 5.73 Å². The van der Waals surface area contributed by atoms with Crippen molar-refractivity contribution < 1.29 is 0 Å². The van der Waals surface area contributed by atoms with Gasteiger partial charge in [-0.2, -0.15) is 0 Å². The van der Waals surface area contributed by atoms with Gasteiger partial charge in [0.25, 0.3) is 0 Å². The van der Waals surface area contributed by atoms with Gasteiger partial charge in [-0.05, 0) is 36.1 Å². The van der Waals surface area contributed by atoms with Gasteiger partial charge in [0.15, 0.2) is 0 Å². The van der Waals surface area contributed by atoms with E-state index in [0.717, 1.165) is 24.3 Å². The SMILES string of the molecule is CC(C)C1CC1C(C)(C)CN. The van der Waals surface area contributed by atoms with Crippen LogP contribution in [-0.4, -0.2) is 6.54 Å². The Bertz CT molecular complexity index is 138. The van der Waals surface area contributed by atoms with Gasteiger partial charge >= 0.3 is 0 Å². The minimum Gasteiger partial charge on any atom is -0.330 e. The lowest BCUT2D eigenvalue weighted by atomic mass is 9.85.